The van der Waals surface area contributed by atoms with Crippen molar-refractivity contribution in [3.63, 3.8) is 0 Å². The molecule has 3 aliphatic rings. The molecule has 3 aromatic carbocycles. The van der Waals surface area contributed by atoms with E-state index in [0.717, 1.165) is 59.0 Å². The fourth-order valence-electron chi connectivity index (χ4n) is 8.05. The zero-order valence-corrected chi connectivity index (χ0v) is 36.9. The first-order chi connectivity index (χ1) is 26.6. The minimum atomic E-state index is -0.562. The molecule has 0 amide bonds. The van der Waals surface area contributed by atoms with E-state index in [1.54, 1.807) is 12.1 Å². The largest absolute Gasteiger partial charge is 1.00 e. The first-order valence-corrected chi connectivity index (χ1v) is 20.3. The first-order valence-electron chi connectivity index (χ1n) is 19.9. The molecule has 0 N–H and O–H groups in total. The van der Waals surface area contributed by atoms with Gasteiger partial charge in [0.05, 0.1) is 36.3 Å². The molecule has 0 saturated heterocycles. The lowest BCUT2D eigenvalue weighted by atomic mass is 9.80. The zero-order chi connectivity index (χ0) is 40.3. The van der Waals surface area contributed by atoms with Crippen molar-refractivity contribution in [2.45, 2.75) is 97.5 Å². The third-order valence-electron chi connectivity index (χ3n) is 10.9. The van der Waals surface area contributed by atoms with Gasteiger partial charge in [-0.1, -0.05) is 54.1 Å². The molecule has 3 aromatic rings. The Morgan fingerprint density at radius 1 is 0.947 bits per heavy atom. The standard InChI is InChI=1S/C48H56ClN2O5.BrH/c1-9-50-40-25-22-35(45(53)56-46(2,3)4)32-38(40)48(7,8)41(50)26-23-33-16-15-17-34(44(33)49)24-27-42-47(5,6)37-20-13-14-21-39(37)51(42)29-31-54-30-28-43(52)55-36-18-11-10-12-19-36;/h10-14,18-26,32,34H,9,15-17,28-31H2,1-8H3;1H/q+1;/p-1/b26-23+;. The number of anilines is 1. The number of esters is 2. The summed E-state index contributed by atoms with van der Waals surface area (Å²) >= 11 is 7.25. The zero-order valence-electron chi connectivity index (χ0n) is 34.6. The quantitative estimate of drug-likeness (QED) is 0.0611. The second-order valence-electron chi connectivity index (χ2n) is 16.8. The summed E-state index contributed by atoms with van der Waals surface area (Å²) in [6, 6.07) is 23.5. The minimum Gasteiger partial charge on any atom is -1.00 e. The van der Waals surface area contributed by atoms with Crippen LogP contribution in [0.3, 0.4) is 0 Å². The molecule has 7 nitrogen and oxygen atoms in total. The van der Waals surface area contributed by atoms with Crippen LogP contribution in [0.2, 0.25) is 0 Å². The number of benzene rings is 3. The van der Waals surface area contributed by atoms with Crippen LogP contribution < -0.4 is 26.6 Å². The number of fused-ring (bicyclic) bond motifs is 2. The van der Waals surface area contributed by atoms with Crippen LogP contribution in [0.5, 0.6) is 5.75 Å². The van der Waals surface area contributed by atoms with Crippen LogP contribution >= 0.6 is 11.6 Å². The van der Waals surface area contributed by atoms with Crippen molar-refractivity contribution in [2.75, 3.05) is 31.2 Å². The van der Waals surface area contributed by atoms with Gasteiger partial charge in [0.2, 0.25) is 5.69 Å². The maximum atomic E-state index is 13.0. The number of hydrogen-bond donors (Lipinski definition) is 0. The molecule has 0 radical (unpaired) electrons. The Labute approximate surface area is 354 Å². The summed E-state index contributed by atoms with van der Waals surface area (Å²) < 4.78 is 19.4. The summed E-state index contributed by atoms with van der Waals surface area (Å²) in [6.07, 6.45) is 9.64. The van der Waals surface area contributed by atoms with Crippen LogP contribution in [0.15, 0.2) is 113 Å². The fraction of sp³-hybridized carbons (Fsp3) is 0.417. The van der Waals surface area contributed by atoms with E-state index in [1.807, 2.05) is 57.2 Å². The predicted octanol–water partition coefficient (Wildman–Crippen LogP) is 7.74. The molecule has 0 saturated carbocycles. The summed E-state index contributed by atoms with van der Waals surface area (Å²) in [6.45, 7) is 18.9. The highest BCUT2D eigenvalue weighted by molar-refractivity contribution is 6.30. The molecule has 0 bridgehead atoms. The van der Waals surface area contributed by atoms with Gasteiger partial charge in [0.25, 0.3) is 0 Å². The molecule has 1 atom stereocenters. The van der Waals surface area contributed by atoms with Gasteiger partial charge in [0.15, 0.2) is 5.71 Å². The van der Waals surface area contributed by atoms with Crippen molar-refractivity contribution in [3.8, 4) is 5.75 Å². The normalized spacial score (nSPS) is 18.2. The maximum absolute atomic E-state index is 13.0. The van der Waals surface area contributed by atoms with Crippen molar-refractivity contribution in [2.24, 2.45) is 5.92 Å². The monoisotopic (exact) mass is 854 g/mol. The van der Waals surface area contributed by atoms with Gasteiger partial charge in [-0.25, -0.2) is 4.79 Å². The highest BCUT2D eigenvalue weighted by atomic mass is 79.9. The van der Waals surface area contributed by atoms with E-state index in [4.69, 9.17) is 25.8 Å². The summed E-state index contributed by atoms with van der Waals surface area (Å²) in [5, 5.41) is 0.857. The minimum absolute atomic E-state index is 0. The smallest absolute Gasteiger partial charge is 0.338 e. The Bertz CT molecular complexity index is 2140. The molecule has 9 heteroatoms. The predicted molar refractivity (Wildman–Crippen MR) is 225 cm³/mol. The van der Waals surface area contributed by atoms with E-state index in [9.17, 15) is 9.59 Å². The number of para-hydroxylation sites is 2. The van der Waals surface area contributed by atoms with Gasteiger partial charge >= 0.3 is 11.9 Å². The molecule has 302 valence electrons. The van der Waals surface area contributed by atoms with E-state index >= 15 is 0 Å². The Morgan fingerprint density at radius 3 is 2.39 bits per heavy atom. The SMILES string of the molecule is CC[N+]1=C(/C=C/C2=C(Cl)C(C=C=C3N(CCOCCC(=O)Oc4ccccc4)c4ccccc4C3(C)C)CCC2)C(C)(C)c2cc(C(=O)OC(C)(C)C)ccc21.[Br-]. The summed E-state index contributed by atoms with van der Waals surface area (Å²) in [7, 11) is 0. The van der Waals surface area contributed by atoms with Crippen molar-refractivity contribution >= 4 is 40.6 Å². The highest BCUT2D eigenvalue weighted by Gasteiger charge is 2.44. The molecule has 0 fully saturated rings. The molecular weight excluding hydrogens is 800 g/mol. The molecule has 1 unspecified atom stereocenters. The molecule has 0 aromatic heterocycles. The van der Waals surface area contributed by atoms with Crippen LogP contribution in [-0.4, -0.2) is 54.1 Å². The lowest BCUT2D eigenvalue weighted by molar-refractivity contribution is -0.433. The van der Waals surface area contributed by atoms with Crippen molar-refractivity contribution in [1.82, 2.24) is 0 Å². The summed E-state index contributed by atoms with van der Waals surface area (Å²) in [4.78, 5) is 27.6. The van der Waals surface area contributed by atoms with Gasteiger partial charge in [-0.15, -0.1) is 5.73 Å². The van der Waals surface area contributed by atoms with E-state index in [1.165, 1.54) is 11.3 Å². The van der Waals surface area contributed by atoms with Crippen LogP contribution in [-0.2, 0) is 25.1 Å². The highest BCUT2D eigenvalue weighted by Crippen LogP contribution is 2.47. The van der Waals surface area contributed by atoms with Crippen LogP contribution in [0, 0.1) is 5.92 Å². The lowest BCUT2D eigenvalue weighted by Crippen LogP contribution is -3.00. The Hall–Kier alpha value is -4.20. The van der Waals surface area contributed by atoms with Gasteiger partial charge in [0.1, 0.15) is 17.9 Å². The molecule has 6 rings (SSSR count). The van der Waals surface area contributed by atoms with E-state index in [0.29, 0.717) is 24.5 Å². The van der Waals surface area contributed by atoms with Crippen molar-refractivity contribution < 1.29 is 45.4 Å². The molecule has 2 aliphatic heterocycles. The van der Waals surface area contributed by atoms with Crippen LogP contribution in [0.25, 0.3) is 0 Å². The molecule has 0 spiro atoms. The van der Waals surface area contributed by atoms with Gasteiger partial charge in [-0.3, -0.25) is 4.79 Å². The van der Waals surface area contributed by atoms with Gasteiger partial charge < -0.3 is 36.1 Å². The number of ether oxygens (including phenoxy) is 3. The number of rotatable bonds is 12. The molecule has 2 heterocycles. The van der Waals surface area contributed by atoms with Crippen LogP contribution in [0.4, 0.5) is 11.4 Å². The van der Waals surface area contributed by atoms with Gasteiger partial charge in [-0.2, -0.15) is 4.58 Å². The second kappa shape index (κ2) is 18.2. The fourth-order valence-corrected chi connectivity index (χ4v) is 8.38. The third-order valence-corrected chi connectivity index (χ3v) is 11.4. The number of hydrogen-bond acceptors (Lipinski definition) is 6. The summed E-state index contributed by atoms with van der Waals surface area (Å²) in [5.74, 6) is -0.0428. The number of halogens is 2. The average Bonchev–Trinajstić information content (AvgIpc) is 3.51. The van der Waals surface area contributed by atoms with Crippen LogP contribution in [0.1, 0.15) is 103 Å². The third kappa shape index (κ3) is 9.75. The first kappa shape index (κ1) is 43.9. The molecule has 1 aliphatic carbocycles. The van der Waals surface area contributed by atoms with E-state index in [-0.39, 0.29) is 58.7 Å². The summed E-state index contributed by atoms with van der Waals surface area (Å²) in [5.41, 5.74) is 11.1. The van der Waals surface area contributed by atoms with Crippen molar-refractivity contribution in [3.05, 3.63) is 130 Å². The molecular formula is C48H56BrClN2O5. The number of carbonyl (C=O) groups excluding carboxylic acids is 2. The Kier molecular flexibility index (Phi) is 14.0. The topological polar surface area (TPSA) is 68.1 Å². The van der Waals surface area contributed by atoms with E-state index in [2.05, 4.69) is 92.3 Å². The lowest BCUT2D eigenvalue weighted by Gasteiger charge is -2.26. The van der Waals surface area contributed by atoms with Gasteiger partial charge in [0, 0.05) is 46.3 Å². The van der Waals surface area contributed by atoms with E-state index < -0.39 is 5.60 Å². The van der Waals surface area contributed by atoms with Gasteiger partial charge in [-0.05, 0) is 122 Å². The average molecular weight is 856 g/mol. The number of allylic oxidation sites excluding steroid dienone is 5. The Morgan fingerprint density at radius 2 is 1.67 bits per heavy atom. The second-order valence-corrected chi connectivity index (χ2v) is 17.2. The number of nitrogens with zero attached hydrogens (tertiary/aromatic N) is 2. The molecule has 57 heavy (non-hydrogen) atoms. The van der Waals surface area contributed by atoms with Crippen molar-refractivity contribution in [1.29, 1.82) is 0 Å². The Balaban J connectivity index is 0.00000620. The number of carbonyl (C=O) groups is 2. The maximum Gasteiger partial charge on any atom is 0.338 e.